The zero-order valence-electron chi connectivity index (χ0n) is 10.4. The summed E-state index contributed by atoms with van der Waals surface area (Å²) in [6.45, 7) is 1.44. The molecule has 0 bridgehead atoms. The van der Waals surface area contributed by atoms with E-state index >= 15 is 0 Å². The molecule has 0 aliphatic carbocycles. The standard InChI is InChI=1S/C14H15FN2OS/c15-12-3-1-2-10(6-12)4-5-17-8-13-7-11(9-19-13)14(16)18/h1-3,6-7,9,17H,4-5,8H2,(H2,16,18). The van der Waals surface area contributed by atoms with Crippen LogP contribution in [0.3, 0.4) is 0 Å². The van der Waals surface area contributed by atoms with E-state index < -0.39 is 5.91 Å². The average molecular weight is 278 g/mol. The molecule has 0 atom stereocenters. The molecule has 1 amide bonds. The van der Waals surface area contributed by atoms with Gasteiger partial charge in [-0.15, -0.1) is 11.3 Å². The Balaban J connectivity index is 1.76. The number of thiophene rings is 1. The molecule has 0 fully saturated rings. The molecule has 19 heavy (non-hydrogen) atoms. The van der Waals surface area contributed by atoms with Gasteiger partial charge in [-0.2, -0.15) is 0 Å². The fourth-order valence-corrected chi connectivity index (χ4v) is 2.58. The number of rotatable bonds is 6. The van der Waals surface area contributed by atoms with Crippen LogP contribution in [0.25, 0.3) is 0 Å². The molecule has 3 N–H and O–H groups in total. The lowest BCUT2D eigenvalue weighted by molar-refractivity contribution is 0.100. The Kier molecular flexibility index (Phi) is 4.65. The second kappa shape index (κ2) is 6.45. The van der Waals surface area contributed by atoms with Crippen LogP contribution in [0, 0.1) is 5.82 Å². The normalized spacial score (nSPS) is 10.6. The predicted octanol–water partition coefficient (Wildman–Crippen LogP) is 2.32. The molecule has 5 heteroatoms. The zero-order valence-corrected chi connectivity index (χ0v) is 11.2. The van der Waals surface area contributed by atoms with Crippen molar-refractivity contribution in [3.05, 3.63) is 57.5 Å². The van der Waals surface area contributed by atoms with Crippen LogP contribution in [0.15, 0.2) is 35.7 Å². The molecule has 2 rings (SSSR count). The number of benzene rings is 1. The highest BCUT2D eigenvalue weighted by Gasteiger charge is 2.04. The Morgan fingerprint density at radius 1 is 1.37 bits per heavy atom. The van der Waals surface area contributed by atoms with E-state index in [-0.39, 0.29) is 5.82 Å². The fourth-order valence-electron chi connectivity index (χ4n) is 1.74. The van der Waals surface area contributed by atoms with Crippen LogP contribution < -0.4 is 11.1 Å². The first-order chi connectivity index (χ1) is 9.15. The van der Waals surface area contributed by atoms with Crippen molar-refractivity contribution < 1.29 is 9.18 Å². The lowest BCUT2D eigenvalue weighted by Gasteiger charge is -2.03. The van der Waals surface area contributed by atoms with Gasteiger partial charge in [0.25, 0.3) is 0 Å². The van der Waals surface area contributed by atoms with Crippen molar-refractivity contribution >= 4 is 17.2 Å². The van der Waals surface area contributed by atoms with E-state index in [2.05, 4.69) is 5.32 Å². The second-order valence-corrected chi connectivity index (χ2v) is 5.22. The number of nitrogens with two attached hydrogens (primary N) is 1. The smallest absolute Gasteiger partial charge is 0.249 e. The number of hydrogen-bond acceptors (Lipinski definition) is 3. The molecule has 0 spiro atoms. The highest BCUT2D eigenvalue weighted by atomic mass is 32.1. The van der Waals surface area contributed by atoms with E-state index in [1.54, 1.807) is 17.5 Å². The maximum absolute atomic E-state index is 13.0. The van der Waals surface area contributed by atoms with Crippen LogP contribution in [0.4, 0.5) is 4.39 Å². The minimum atomic E-state index is -0.401. The number of hydrogen-bond donors (Lipinski definition) is 2. The molecular formula is C14H15FN2OS. The highest BCUT2D eigenvalue weighted by Crippen LogP contribution is 2.13. The Morgan fingerprint density at radius 3 is 2.89 bits per heavy atom. The van der Waals surface area contributed by atoms with Gasteiger partial charge in [-0.1, -0.05) is 12.1 Å². The third-order valence-corrected chi connectivity index (χ3v) is 3.65. The van der Waals surface area contributed by atoms with Gasteiger partial charge < -0.3 is 11.1 Å². The lowest BCUT2D eigenvalue weighted by Crippen LogP contribution is -2.16. The molecule has 1 aromatic carbocycles. The third kappa shape index (κ3) is 4.15. The number of carbonyl (C=O) groups excluding carboxylic acids is 1. The van der Waals surface area contributed by atoms with Crippen LogP contribution in [-0.2, 0) is 13.0 Å². The van der Waals surface area contributed by atoms with Gasteiger partial charge in [-0.05, 0) is 36.7 Å². The van der Waals surface area contributed by atoms with Crippen LogP contribution in [-0.4, -0.2) is 12.5 Å². The molecule has 0 unspecified atom stereocenters. The first-order valence-electron chi connectivity index (χ1n) is 5.97. The molecule has 1 heterocycles. The second-order valence-electron chi connectivity index (χ2n) is 4.22. The molecule has 0 aliphatic heterocycles. The predicted molar refractivity (Wildman–Crippen MR) is 74.6 cm³/mol. The van der Waals surface area contributed by atoms with E-state index in [9.17, 15) is 9.18 Å². The van der Waals surface area contributed by atoms with Crippen molar-refractivity contribution in [2.45, 2.75) is 13.0 Å². The lowest BCUT2D eigenvalue weighted by atomic mass is 10.1. The Bertz CT molecular complexity index is 568. The van der Waals surface area contributed by atoms with Gasteiger partial charge in [0, 0.05) is 16.8 Å². The maximum Gasteiger partial charge on any atom is 0.249 e. The van der Waals surface area contributed by atoms with Crippen LogP contribution >= 0.6 is 11.3 Å². The molecule has 0 saturated heterocycles. The average Bonchev–Trinajstić information content (AvgIpc) is 2.84. The van der Waals surface area contributed by atoms with Crippen molar-refractivity contribution in [1.29, 1.82) is 0 Å². The van der Waals surface area contributed by atoms with E-state index in [1.807, 2.05) is 6.07 Å². The molecule has 3 nitrogen and oxygen atoms in total. The summed E-state index contributed by atoms with van der Waals surface area (Å²) >= 11 is 1.50. The monoisotopic (exact) mass is 278 g/mol. The summed E-state index contributed by atoms with van der Waals surface area (Å²) in [5, 5.41) is 5.01. The summed E-state index contributed by atoms with van der Waals surface area (Å²) in [5.41, 5.74) is 6.70. The Labute approximate surface area is 115 Å². The number of halogens is 1. The molecule has 0 aliphatic rings. The SMILES string of the molecule is NC(=O)c1csc(CNCCc2cccc(F)c2)c1. The Morgan fingerprint density at radius 2 is 2.21 bits per heavy atom. The first kappa shape index (κ1) is 13.7. The van der Waals surface area contributed by atoms with Crippen LogP contribution in [0.1, 0.15) is 20.8 Å². The van der Waals surface area contributed by atoms with Gasteiger partial charge in [0.2, 0.25) is 5.91 Å². The van der Waals surface area contributed by atoms with Crippen LogP contribution in [0.5, 0.6) is 0 Å². The van der Waals surface area contributed by atoms with Crippen molar-refractivity contribution in [1.82, 2.24) is 5.32 Å². The topological polar surface area (TPSA) is 55.1 Å². The molecule has 0 radical (unpaired) electrons. The quantitative estimate of drug-likeness (QED) is 0.797. The first-order valence-corrected chi connectivity index (χ1v) is 6.85. The number of primary amides is 1. The van der Waals surface area contributed by atoms with Gasteiger partial charge >= 0.3 is 0 Å². The zero-order chi connectivity index (χ0) is 13.7. The summed E-state index contributed by atoms with van der Waals surface area (Å²) in [4.78, 5) is 12.0. The van der Waals surface area contributed by atoms with Gasteiger partial charge in [0.1, 0.15) is 5.82 Å². The van der Waals surface area contributed by atoms with E-state index in [0.717, 1.165) is 23.4 Å². The summed E-state index contributed by atoms with van der Waals surface area (Å²) in [6, 6.07) is 8.39. The highest BCUT2D eigenvalue weighted by molar-refractivity contribution is 7.10. The fraction of sp³-hybridized carbons (Fsp3) is 0.214. The van der Waals surface area contributed by atoms with Crippen molar-refractivity contribution in [2.24, 2.45) is 5.73 Å². The minimum Gasteiger partial charge on any atom is -0.366 e. The third-order valence-electron chi connectivity index (χ3n) is 2.72. The summed E-state index contributed by atoms with van der Waals surface area (Å²) in [7, 11) is 0. The van der Waals surface area contributed by atoms with Crippen molar-refractivity contribution in [3.63, 3.8) is 0 Å². The van der Waals surface area contributed by atoms with E-state index in [0.29, 0.717) is 12.1 Å². The van der Waals surface area contributed by atoms with Gasteiger partial charge in [0.15, 0.2) is 0 Å². The molecule has 1 aromatic heterocycles. The molecule has 100 valence electrons. The summed E-state index contributed by atoms with van der Waals surface area (Å²) < 4.78 is 13.0. The van der Waals surface area contributed by atoms with Crippen LogP contribution in [0.2, 0.25) is 0 Å². The van der Waals surface area contributed by atoms with Crippen molar-refractivity contribution in [3.8, 4) is 0 Å². The molecule has 2 aromatic rings. The minimum absolute atomic E-state index is 0.207. The van der Waals surface area contributed by atoms with E-state index in [4.69, 9.17) is 5.73 Å². The van der Waals surface area contributed by atoms with Gasteiger partial charge in [0.05, 0.1) is 5.56 Å². The van der Waals surface area contributed by atoms with E-state index in [1.165, 1.54) is 23.5 Å². The Hall–Kier alpha value is -1.72. The van der Waals surface area contributed by atoms with Crippen molar-refractivity contribution in [2.75, 3.05) is 6.54 Å². The molecule has 0 saturated carbocycles. The summed E-state index contributed by atoms with van der Waals surface area (Å²) in [6.07, 6.45) is 0.770. The number of carbonyl (C=O) groups is 1. The largest absolute Gasteiger partial charge is 0.366 e. The maximum atomic E-state index is 13.0. The summed E-state index contributed by atoms with van der Waals surface area (Å²) in [5.74, 6) is -0.607. The van der Waals surface area contributed by atoms with Gasteiger partial charge in [-0.3, -0.25) is 4.79 Å². The number of amides is 1. The van der Waals surface area contributed by atoms with Gasteiger partial charge in [-0.25, -0.2) is 4.39 Å². The number of nitrogens with one attached hydrogen (secondary N) is 1. The molecular weight excluding hydrogens is 263 g/mol.